The topological polar surface area (TPSA) is 30.2 Å². The van der Waals surface area contributed by atoms with Crippen LogP contribution in [0.5, 0.6) is 0 Å². The van der Waals surface area contributed by atoms with Crippen LogP contribution < -0.4 is 0 Å². The summed E-state index contributed by atoms with van der Waals surface area (Å²) in [5, 5.41) is 15.6. The van der Waals surface area contributed by atoms with Gasteiger partial charge in [-0.05, 0) is 72.7 Å². The molecule has 39 heavy (non-hydrogen) atoms. The Morgan fingerprint density at radius 1 is 0.564 bits per heavy atom. The van der Waals surface area contributed by atoms with Gasteiger partial charge in [0.05, 0.1) is 5.52 Å². The number of nitrogens with zero attached hydrogens (tertiary/aromatic N) is 3. The number of hydrogen-bond acceptors (Lipinski definition) is 3. The van der Waals surface area contributed by atoms with E-state index in [2.05, 4.69) is 127 Å². The summed E-state index contributed by atoms with van der Waals surface area (Å²) in [5.41, 5.74) is 9.51. The Morgan fingerprint density at radius 3 is 2.00 bits per heavy atom. The van der Waals surface area contributed by atoms with Crippen molar-refractivity contribution in [2.75, 3.05) is 0 Å². The summed E-state index contributed by atoms with van der Waals surface area (Å²) in [6.45, 7) is 6.61. The van der Waals surface area contributed by atoms with Crippen LogP contribution in [0.3, 0.4) is 0 Å². The zero-order chi connectivity index (χ0) is 26.2. The first kappa shape index (κ1) is 22.4. The maximum absolute atomic E-state index is 4.69. The Morgan fingerprint density at radius 2 is 1.21 bits per heavy atom. The lowest BCUT2D eigenvalue weighted by molar-refractivity contribution is 1.12. The van der Waals surface area contributed by atoms with Crippen LogP contribution in [0, 0.1) is 20.8 Å². The smallest absolute Gasteiger partial charge is 0.169 e. The largest absolute Gasteiger partial charge is 0.274 e. The molecule has 0 atom stereocenters. The van der Waals surface area contributed by atoms with Crippen molar-refractivity contribution >= 4 is 58.8 Å². The lowest BCUT2D eigenvalue weighted by Gasteiger charge is -2.10. The Hall–Kier alpha value is -4.54. The fourth-order valence-electron chi connectivity index (χ4n) is 6.17. The molecule has 8 rings (SSSR count). The first-order valence-electron chi connectivity index (χ1n) is 13.3. The monoisotopic (exact) mass is 519 g/mol. The highest BCUT2D eigenvalue weighted by Gasteiger charge is 2.17. The van der Waals surface area contributed by atoms with E-state index in [-0.39, 0.29) is 0 Å². The quantitative estimate of drug-likeness (QED) is 0.213. The van der Waals surface area contributed by atoms with Crippen LogP contribution in [0.2, 0.25) is 0 Å². The fraction of sp³-hybridized carbons (Fsp3) is 0.0857. The maximum atomic E-state index is 4.69. The maximum Gasteiger partial charge on any atom is 0.169 e. The van der Waals surface area contributed by atoms with Crippen molar-refractivity contribution in [2.24, 2.45) is 0 Å². The molecule has 0 spiro atoms. The average Bonchev–Trinajstić information content (AvgIpc) is 3.56. The molecule has 0 saturated heterocycles. The summed E-state index contributed by atoms with van der Waals surface area (Å²) in [7, 11) is 0. The number of fused-ring (bicyclic) bond motifs is 9. The van der Waals surface area contributed by atoms with Crippen molar-refractivity contribution in [2.45, 2.75) is 20.8 Å². The van der Waals surface area contributed by atoms with Crippen LogP contribution in [0.15, 0.2) is 97.1 Å². The van der Waals surface area contributed by atoms with Gasteiger partial charge in [0.15, 0.2) is 11.5 Å². The van der Waals surface area contributed by atoms with E-state index in [9.17, 15) is 0 Å². The molecule has 8 aromatic rings. The van der Waals surface area contributed by atoms with E-state index in [0.717, 1.165) is 27.9 Å². The Bertz CT molecular complexity index is 2250. The van der Waals surface area contributed by atoms with Crippen LogP contribution in [-0.2, 0) is 0 Å². The van der Waals surface area contributed by atoms with Gasteiger partial charge < -0.3 is 0 Å². The molecule has 0 amide bonds. The molecule has 0 N–H and O–H groups in total. The molecule has 186 valence electrons. The highest BCUT2D eigenvalue weighted by molar-refractivity contribution is 7.26. The number of pyridine rings is 1. The normalized spacial score (nSPS) is 12.0. The standard InChI is InChI=1S/C35H25N3S/c1-20-16-22(3)32-29(18-20)30-19-21(2)17-28(33(30)39-32)23-12-14-24(15-13-23)34-36-37-35-27-10-5-4-8-25(27)26-9-6-7-11-31(26)38(34)35/h4-19H,1-3H3. The van der Waals surface area contributed by atoms with Crippen LogP contribution in [-0.4, -0.2) is 14.6 Å². The van der Waals surface area contributed by atoms with Gasteiger partial charge in [0.1, 0.15) is 0 Å². The molecule has 0 aliphatic rings. The highest BCUT2D eigenvalue weighted by Crippen LogP contribution is 2.42. The first-order valence-corrected chi connectivity index (χ1v) is 14.1. The van der Waals surface area contributed by atoms with Crippen LogP contribution >= 0.6 is 11.3 Å². The lowest BCUT2D eigenvalue weighted by Crippen LogP contribution is -1.94. The number of rotatable bonds is 2. The van der Waals surface area contributed by atoms with Crippen molar-refractivity contribution in [3.05, 3.63) is 114 Å². The summed E-state index contributed by atoms with van der Waals surface area (Å²) < 4.78 is 4.94. The number of aryl methyl sites for hydroxylation is 3. The molecule has 5 aromatic carbocycles. The number of hydrogen-bond donors (Lipinski definition) is 0. The van der Waals surface area contributed by atoms with Crippen molar-refractivity contribution < 1.29 is 0 Å². The predicted molar refractivity (Wildman–Crippen MR) is 166 cm³/mol. The number of benzene rings is 5. The molecule has 0 aliphatic heterocycles. The fourth-order valence-corrected chi connectivity index (χ4v) is 7.44. The van der Waals surface area contributed by atoms with Gasteiger partial charge in [-0.15, -0.1) is 21.5 Å². The third-order valence-electron chi connectivity index (χ3n) is 7.87. The molecular weight excluding hydrogens is 494 g/mol. The molecule has 0 fully saturated rings. The highest BCUT2D eigenvalue weighted by atomic mass is 32.1. The van der Waals surface area contributed by atoms with E-state index in [1.54, 1.807) is 0 Å². The van der Waals surface area contributed by atoms with E-state index in [4.69, 9.17) is 5.10 Å². The number of para-hydroxylation sites is 1. The zero-order valence-electron chi connectivity index (χ0n) is 22.0. The van der Waals surface area contributed by atoms with E-state index in [0.29, 0.717) is 0 Å². The second-order valence-corrected chi connectivity index (χ2v) is 11.6. The molecule has 3 heterocycles. The summed E-state index contributed by atoms with van der Waals surface area (Å²) in [6.07, 6.45) is 0. The summed E-state index contributed by atoms with van der Waals surface area (Å²) in [6, 6.07) is 35.1. The first-order chi connectivity index (χ1) is 19.1. The molecule has 4 heteroatoms. The van der Waals surface area contributed by atoms with E-state index >= 15 is 0 Å². The molecule has 0 saturated carbocycles. The molecule has 3 aromatic heterocycles. The van der Waals surface area contributed by atoms with Gasteiger partial charge >= 0.3 is 0 Å². The van der Waals surface area contributed by atoms with Crippen molar-refractivity contribution in [3.8, 4) is 22.5 Å². The third-order valence-corrected chi connectivity index (χ3v) is 9.26. The van der Waals surface area contributed by atoms with Gasteiger partial charge in [-0.3, -0.25) is 4.40 Å². The molecule has 3 nitrogen and oxygen atoms in total. The summed E-state index contributed by atoms with van der Waals surface area (Å²) in [4.78, 5) is 0. The van der Waals surface area contributed by atoms with Gasteiger partial charge in [-0.25, -0.2) is 0 Å². The van der Waals surface area contributed by atoms with Crippen molar-refractivity contribution in [1.29, 1.82) is 0 Å². The van der Waals surface area contributed by atoms with Crippen molar-refractivity contribution in [1.82, 2.24) is 14.6 Å². The van der Waals surface area contributed by atoms with Gasteiger partial charge in [0, 0.05) is 36.5 Å². The minimum absolute atomic E-state index is 0.862. The molecular formula is C35H25N3S. The van der Waals surface area contributed by atoms with E-state index in [1.165, 1.54) is 58.8 Å². The van der Waals surface area contributed by atoms with Gasteiger partial charge in [-0.2, -0.15) is 0 Å². The van der Waals surface area contributed by atoms with Crippen LogP contribution in [0.4, 0.5) is 0 Å². The average molecular weight is 520 g/mol. The minimum atomic E-state index is 0.862. The predicted octanol–water partition coefficient (Wildman–Crippen LogP) is 9.66. The summed E-state index contributed by atoms with van der Waals surface area (Å²) >= 11 is 1.91. The molecule has 0 bridgehead atoms. The second-order valence-electron chi connectivity index (χ2n) is 10.6. The van der Waals surface area contributed by atoms with Crippen LogP contribution in [0.1, 0.15) is 16.7 Å². The SMILES string of the molecule is Cc1cc(C)c2sc3c(-c4ccc(-c5nnc6c7ccccc7c7ccccc7n56)cc4)cc(C)cc3c2c1. The van der Waals surface area contributed by atoms with Crippen molar-refractivity contribution in [3.63, 3.8) is 0 Å². The zero-order valence-corrected chi connectivity index (χ0v) is 22.8. The second kappa shape index (κ2) is 8.23. The van der Waals surface area contributed by atoms with Gasteiger partial charge in [0.25, 0.3) is 0 Å². The summed E-state index contributed by atoms with van der Waals surface area (Å²) in [5.74, 6) is 0.862. The Balaban J connectivity index is 1.32. The Labute approximate surface area is 230 Å². The van der Waals surface area contributed by atoms with E-state index < -0.39 is 0 Å². The third kappa shape index (κ3) is 3.28. The minimum Gasteiger partial charge on any atom is -0.274 e. The lowest BCUT2D eigenvalue weighted by atomic mass is 9.98. The van der Waals surface area contributed by atoms with E-state index in [1.807, 2.05) is 11.3 Å². The van der Waals surface area contributed by atoms with Gasteiger partial charge in [0.2, 0.25) is 0 Å². The van der Waals surface area contributed by atoms with Gasteiger partial charge in [-0.1, -0.05) is 78.4 Å². The Kier molecular flexibility index (Phi) is 4.73. The molecule has 0 radical (unpaired) electrons. The number of aromatic nitrogens is 3. The molecule has 0 unspecified atom stereocenters. The molecule has 0 aliphatic carbocycles. The number of thiophene rings is 1. The van der Waals surface area contributed by atoms with Crippen LogP contribution in [0.25, 0.3) is 70.0 Å².